The van der Waals surface area contributed by atoms with Crippen LogP contribution in [0.1, 0.15) is 23.2 Å². The Hall–Kier alpha value is -2.73. The number of carbonyl (C=O) groups is 1. The highest BCUT2D eigenvalue weighted by Gasteiger charge is 2.20. The summed E-state index contributed by atoms with van der Waals surface area (Å²) in [7, 11) is 1.88. The molecule has 1 aliphatic heterocycles. The molecule has 0 saturated carbocycles. The van der Waals surface area contributed by atoms with Crippen molar-refractivity contribution in [2.45, 2.75) is 12.8 Å². The molecule has 1 amide bonds. The second-order valence-electron chi connectivity index (χ2n) is 6.93. The van der Waals surface area contributed by atoms with Crippen molar-refractivity contribution in [1.29, 1.82) is 0 Å². The molecule has 1 aromatic carbocycles. The number of piperidine rings is 1. The van der Waals surface area contributed by atoms with Crippen LogP contribution in [0, 0.1) is 5.92 Å². The lowest BCUT2D eigenvalue weighted by atomic mass is 9.99. The molecule has 4 rings (SSSR count). The smallest absolute Gasteiger partial charge is 0.255 e. The van der Waals surface area contributed by atoms with Crippen molar-refractivity contribution in [1.82, 2.24) is 24.8 Å². The van der Waals surface area contributed by atoms with Crippen LogP contribution in [0.2, 0.25) is 0 Å². The predicted octanol–water partition coefficient (Wildman–Crippen LogP) is 2.47. The summed E-state index contributed by atoms with van der Waals surface area (Å²) in [6.45, 7) is 2.85. The van der Waals surface area contributed by atoms with Gasteiger partial charge < -0.3 is 10.2 Å². The van der Waals surface area contributed by atoms with Crippen LogP contribution in [0.5, 0.6) is 0 Å². The summed E-state index contributed by atoms with van der Waals surface area (Å²) in [6.07, 6.45) is 4.20. The van der Waals surface area contributed by atoms with Gasteiger partial charge in [0.2, 0.25) is 0 Å². The van der Waals surface area contributed by atoms with Gasteiger partial charge in [-0.05, 0) is 44.0 Å². The second kappa shape index (κ2) is 7.25. The zero-order chi connectivity index (χ0) is 17.9. The van der Waals surface area contributed by atoms with Gasteiger partial charge in [0, 0.05) is 25.4 Å². The fourth-order valence-corrected chi connectivity index (χ4v) is 3.57. The summed E-state index contributed by atoms with van der Waals surface area (Å²) >= 11 is 0. The molecule has 1 saturated heterocycles. The Kier molecular flexibility index (Phi) is 4.67. The Bertz CT molecular complexity index is 899. The van der Waals surface area contributed by atoms with E-state index in [2.05, 4.69) is 15.5 Å². The summed E-state index contributed by atoms with van der Waals surface area (Å²) in [5, 5.41) is 11.9. The standard InChI is InChI=1S/C20H23N5O/c1-24(13-15-6-5-11-21-12-15)20(26)17-9-10-18-22-23-19(25(18)14-17)16-7-3-2-4-8-16/h2-4,7-10,14-15,21H,5-6,11-13H2,1H3. The summed E-state index contributed by atoms with van der Waals surface area (Å²) in [5.74, 6) is 1.30. The number of rotatable bonds is 4. The minimum absolute atomic E-state index is 0.0326. The first-order chi connectivity index (χ1) is 12.7. The zero-order valence-corrected chi connectivity index (χ0v) is 14.9. The number of nitrogens with zero attached hydrogens (tertiary/aromatic N) is 4. The van der Waals surface area contributed by atoms with E-state index < -0.39 is 0 Å². The van der Waals surface area contributed by atoms with Gasteiger partial charge in [-0.1, -0.05) is 30.3 Å². The van der Waals surface area contributed by atoms with Crippen LogP contribution < -0.4 is 5.32 Å². The molecule has 1 atom stereocenters. The zero-order valence-electron chi connectivity index (χ0n) is 14.9. The average molecular weight is 349 g/mol. The van der Waals surface area contributed by atoms with Gasteiger partial charge in [-0.15, -0.1) is 10.2 Å². The van der Waals surface area contributed by atoms with Crippen molar-refractivity contribution in [3.05, 3.63) is 54.2 Å². The van der Waals surface area contributed by atoms with E-state index in [-0.39, 0.29) is 5.91 Å². The minimum Gasteiger partial charge on any atom is -0.341 e. The van der Waals surface area contributed by atoms with Crippen LogP contribution in [-0.4, -0.2) is 52.1 Å². The number of amides is 1. The highest BCUT2D eigenvalue weighted by molar-refractivity contribution is 5.94. The van der Waals surface area contributed by atoms with E-state index >= 15 is 0 Å². The third kappa shape index (κ3) is 3.32. The molecule has 0 spiro atoms. The number of fused-ring (bicyclic) bond motifs is 1. The Labute approximate surface area is 152 Å². The van der Waals surface area contributed by atoms with Gasteiger partial charge >= 0.3 is 0 Å². The number of carbonyl (C=O) groups excluding carboxylic acids is 1. The first-order valence-corrected chi connectivity index (χ1v) is 9.09. The molecule has 6 nitrogen and oxygen atoms in total. The first kappa shape index (κ1) is 16.7. The van der Waals surface area contributed by atoms with Gasteiger partial charge in [0.1, 0.15) is 0 Å². The fourth-order valence-electron chi connectivity index (χ4n) is 3.57. The second-order valence-corrected chi connectivity index (χ2v) is 6.93. The Morgan fingerprint density at radius 2 is 2.08 bits per heavy atom. The van der Waals surface area contributed by atoms with Crippen LogP contribution in [-0.2, 0) is 0 Å². The summed E-state index contributed by atoms with van der Waals surface area (Å²) < 4.78 is 1.89. The monoisotopic (exact) mass is 349 g/mol. The molecular weight excluding hydrogens is 326 g/mol. The molecular formula is C20H23N5O. The maximum Gasteiger partial charge on any atom is 0.255 e. The molecule has 2 aromatic heterocycles. The lowest BCUT2D eigenvalue weighted by Crippen LogP contribution is -2.39. The number of benzene rings is 1. The van der Waals surface area contributed by atoms with E-state index in [0.717, 1.165) is 36.7 Å². The van der Waals surface area contributed by atoms with Crippen LogP contribution >= 0.6 is 0 Å². The third-order valence-corrected chi connectivity index (χ3v) is 4.96. The van der Waals surface area contributed by atoms with Gasteiger partial charge in [0.25, 0.3) is 5.91 Å². The third-order valence-electron chi connectivity index (χ3n) is 4.96. The quantitative estimate of drug-likeness (QED) is 0.786. The summed E-state index contributed by atoms with van der Waals surface area (Å²) in [5.41, 5.74) is 2.37. The van der Waals surface area contributed by atoms with Crippen LogP contribution in [0.15, 0.2) is 48.7 Å². The largest absolute Gasteiger partial charge is 0.341 e. The molecule has 3 aromatic rings. The number of pyridine rings is 1. The van der Waals surface area contributed by atoms with Gasteiger partial charge in [-0.2, -0.15) is 0 Å². The molecule has 0 radical (unpaired) electrons. The summed E-state index contributed by atoms with van der Waals surface area (Å²) in [4.78, 5) is 14.7. The molecule has 1 N–H and O–H groups in total. The normalized spacial score (nSPS) is 17.3. The highest BCUT2D eigenvalue weighted by Crippen LogP contribution is 2.19. The molecule has 134 valence electrons. The molecule has 1 fully saturated rings. The molecule has 1 unspecified atom stereocenters. The van der Waals surface area contributed by atoms with E-state index in [1.165, 1.54) is 12.8 Å². The van der Waals surface area contributed by atoms with Crippen molar-refractivity contribution in [2.75, 3.05) is 26.7 Å². The van der Waals surface area contributed by atoms with E-state index in [4.69, 9.17) is 0 Å². The Balaban J connectivity index is 1.59. The van der Waals surface area contributed by atoms with Crippen LogP contribution in [0.4, 0.5) is 0 Å². The number of hydrogen-bond acceptors (Lipinski definition) is 4. The molecule has 3 heterocycles. The SMILES string of the molecule is CN(CC1CCCNC1)C(=O)c1ccc2nnc(-c3ccccc3)n2c1. The van der Waals surface area contributed by atoms with Crippen molar-refractivity contribution in [2.24, 2.45) is 5.92 Å². The topological polar surface area (TPSA) is 62.5 Å². The van der Waals surface area contributed by atoms with Crippen molar-refractivity contribution < 1.29 is 4.79 Å². The van der Waals surface area contributed by atoms with Gasteiger partial charge in [0.15, 0.2) is 11.5 Å². The number of aromatic nitrogens is 3. The van der Waals surface area contributed by atoms with Crippen molar-refractivity contribution in [3.8, 4) is 11.4 Å². The van der Waals surface area contributed by atoms with Gasteiger partial charge in [0.05, 0.1) is 5.56 Å². The molecule has 26 heavy (non-hydrogen) atoms. The van der Waals surface area contributed by atoms with E-state index in [0.29, 0.717) is 11.5 Å². The van der Waals surface area contributed by atoms with Crippen molar-refractivity contribution in [3.63, 3.8) is 0 Å². The fraction of sp³-hybridized carbons (Fsp3) is 0.350. The van der Waals surface area contributed by atoms with Gasteiger partial charge in [-0.3, -0.25) is 9.20 Å². The Morgan fingerprint density at radius 3 is 2.85 bits per heavy atom. The van der Waals surface area contributed by atoms with Gasteiger partial charge in [-0.25, -0.2) is 0 Å². The van der Waals surface area contributed by atoms with E-state index in [1.807, 2.05) is 65.0 Å². The van der Waals surface area contributed by atoms with Crippen LogP contribution in [0.25, 0.3) is 17.0 Å². The van der Waals surface area contributed by atoms with Crippen LogP contribution in [0.3, 0.4) is 0 Å². The maximum atomic E-state index is 12.9. The maximum absolute atomic E-state index is 12.9. The van der Waals surface area contributed by atoms with Crippen molar-refractivity contribution >= 4 is 11.6 Å². The summed E-state index contributed by atoms with van der Waals surface area (Å²) in [6, 6.07) is 13.6. The lowest BCUT2D eigenvalue weighted by Gasteiger charge is -2.27. The van der Waals surface area contributed by atoms with E-state index in [1.54, 1.807) is 0 Å². The molecule has 6 heteroatoms. The number of nitrogens with one attached hydrogen (secondary N) is 1. The average Bonchev–Trinajstić information content (AvgIpc) is 3.12. The predicted molar refractivity (Wildman–Crippen MR) is 101 cm³/mol. The number of hydrogen-bond donors (Lipinski definition) is 1. The van der Waals surface area contributed by atoms with E-state index in [9.17, 15) is 4.79 Å². The first-order valence-electron chi connectivity index (χ1n) is 9.09. The highest BCUT2D eigenvalue weighted by atomic mass is 16.2. The minimum atomic E-state index is 0.0326. The lowest BCUT2D eigenvalue weighted by molar-refractivity contribution is 0.0764. The molecule has 0 bridgehead atoms. The molecule has 1 aliphatic rings. The Morgan fingerprint density at radius 1 is 1.23 bits per heavy atom. The molecule has 0 aliphatic carbocycles.